The molecule has 0 saturated heterocycles. The molecule has 4 heteroatoms. The molecular weight excluding hydrogens is 236 g/mol. The van der Waals surface area contributed by atoms with Gasteiger partial charge in [-0.2, -0.15) is 0 Å². The zero-order valence-corrected chi connectivity index (χ0v) is 10.0. The fourth-order valence-electron chi connectivity index (χ4n) is 1.47. The largest absolute Gasteiger partial charge is 0.489 e. The Bertz CT molecular complexity index is 488. The Morgan fingerprint density at radius 3 is 2.65 bits per heavy atom. The van der Waals surface area contributed by atoms with Crippen LogP contribution in [0.1, 0.15) is 11.1 Å². The van der Waals surface area contributed by atoms with Crippen LogP contribution in [-0.4, -0.2) is 4.98 Å². The first-order valence-electron chi connectivity index (χ1n) is 5.30. The van der Waals surface area contributed by atoms with E-state index in [9.17, 15) is 0 Å². The molecule has 0 saturated carbocycles. The minimum absolute atomic E-state index is 0.433. The summed E-state index contributed by atoms with van der Waals surface area (Å²) >= 11 is 5.92. The molecule has 2 rings (SSSR count). The van der Waals surface area contributed by atoms with Crippen molar-refractivity contribution in [3.05, 3.63) is 58.9 Å². The molecule has 1 heterocycles. The second-order valence-corrected chi connectivity index (χ2v) is 4.04. The average molecular weight is 249 g/mol. The normalized spacial score (nSPS) is 10.2. The predicted molar refractivity (Wildman–Crippen MR) is 67.9 cm³/mol. The third kappa shape index (κ3) is 3.19. The molecule has 0 atom stereocenters. The number of halogens is 1. The summed E-state index contributed by atoms with van der Waals surface area (Å²) < 4.78 is 5.70. The molecule has 0 aliphatic rings. The summed E-state index contributed by atoms with van der Waals surface area (Å²) in [7, 11) is 0. The highest BCUT2D eigenvalue weighted by Gasteiger charge is 2.03. The summed E-state index contributed by atoms with van der Waals surface area (Å²) in [6.07, 6.45) is 3.47. The van der Waals surface area contributed by atoms with Crippen LogP contribution in [0.3, 0.4) is 0 Å². The van der Waals surface area contributed by atoms with Gasteiger partial charge in [0.05, 0.1) is 0 Å². The van der Waals surface area contributed by atoms with E-state index in [-0.39, 0.29) is 0 Å². The van der Waals surface area contributed by atoms with Crippen LogP contribution in [0.2, 0.25) is 5.02 Å². The fraction of sp³-hybridized carbons (Fsp3) is 0.154. The molecule has 1 aromatic heterocycles. The van der Waals surface area contributed by atoms with Gasteiger partial charge in [-0.25, -0.2) is 0 Å². The molecule has 0 fully saturated rings. The van der Waals surface area contributed by atoms with E-state index in [0.29, 0.717) is 18.2 Å². The summed E-state index contributed by atoms with van der Waals surface area (Å²) in [5, 5.41) is 0.645. The number of hydrogen-bond donors (Lipinski definition) is 1. The molecule has 0 bridgehead atoms. The zero-order valence-electron chi connectivity index (χ0n) is 9.27. The van der Waals surface area contributed by atoms with Crippen LogP contribution in [-0.2, 0) is 13.2 Å². The van der Waals surface area contributed by atoms with Crippen LogP contribution in [0, 0.1) is 0 Å². The topological polar surface area (TPSA) is 48.1 Å². The molecule has 0 radical (unpaired) electrons. The first kappa shape index (κ1) is 11.9. The second kappa shape index (κ2) is 5.66. The van der Waals surface area contributed by atoms with Crippen molar-refractivity contribution in [2.45, 2.75) is 13.2 Å². The molecule has 0 aliphatic carbocycles. The number of pyridine rings is 1. The van der Waals surface area contributed by atoms with Gasteiger partial charge in [-0.1, -0.05) is 17.7 Å². The Kier molecular flexibility index (Phi) is 3.96. The SMILES string of the molecule is NCc1ccc(Cl)cc1OCc1ccncc1. The number of nitrogens with two attached hydrogens (primary N) is 1. The lowest BCUT2D eigenvalue weighted by Gasteiger charge is -2.10. The fourth-order valence-corrected chi connectivity index (χ4v) is 1.63. The molecule has 3 nitrogen and oxygen atoms in total. The number of hydrogen-bond acceptors (Lipinski definition) is 3. The van der Waals surface area contributed by atoms with Crippen molar-refractivity contribution in [1.29, 1.82) is 0 Å². The van der Waals surface area contributed by atoms with Crippen molar-refractivity contribution in [2.24, 2.45) is 5.73 Å². The highest BCUT2D eigenvalue weighted by atomic mass is 35.5. The molecule has 2 N–H and O–H groups in total. The van der Waals surface area contributed by atoms with Gasteiger partial charge in [0.2, 0.25) is 0 Å². The number of rotatable bonds is 4. The third-order valence-corrected chi connectivity index (χ3v) is 2.63. The van der Waals surface area contributed by atoms with Crippen LogP contribution in [0.4, 0.5) is 0 Å². The Labute approximate surface area is 105 Å². The van der Waals surface area contributed by atoms with Crippen LogP contribution in [0.5, 0.6) is 5.75 Å². The first-order chi connectivity index (χ1) is 8.29. The van der Waals surface area contributed by atoms with E-state index in [0.717, 1.165) is 16.9 Å². The number of ether oxygens (including phenoxy) is 1. The van der Waals surface area contributed by atoms with Gasteiger partial charge in [-0.15, -0.1) is 0 Å². The minimum Gasteiger partial charge on any atom is -0.489 e. The Morgan fingerprint density at radius 2 is 1.94 bits per heavy atom. The van der Waals surface area contributed by atoms with Crippen molar-refractivity contribution in [3.8, 4) is 5.75 Å². The molecule has 0 spiro atoms. The quantitative estimate of drug-likeness (QED) is 0.905. The Balaban J connectivity index is 2.11. The van der Waals surface area contributed by atoms with Crippen LogP contribution in [0.15, 0.2) is 42.7 Å². The zero-order chi connectivity index (χ0) is 12.1. The maximum atomic E-state index is 5.92. The lowest BCUT2D eigenvalue weighted by Crippen LogP contribution is -2.02. The molecule has 88 valence electrons. The van der Waals surface area contributed by atoms with Crippen molar-refractivity contribution in [1.82, 2.24) is 4.98 Å². The molecule has 0 amide bonds. The van der Waals surface area contributed by atoms with Gasteiger partial charge in [0, 0.05) is 29.5 Å². The van der Waals surface area contributed by atoms with E-state index < -0.39 is 0 Å². The van der Waals surface area contributed by atoms with Gasteiger partial charge in [-0.05, 0) is 29.8 Å². The molecule has 0 unspecified atom stereocenters. The lowest BCUT2D eigenvalue weighted by molar-refractivity contribution is 0.303. The van der Waals surface area contributed by atoms with Gasteiger partial charge in [0.25, 0.3) is 0 Å². The second-order valence-electron chi connectivity index (χ2n) is 3.60. The summed E-state index contributed by atoms with van der Waals surface area (Å²) in [5.74, 6) is 0.733. The summed E-state index contributed by atoms with van der Waals surface area (Å²) in [6, 6.07) is 9.29. The number of nitrogens with zero attached hydrogens (tertiary/aromatic N) is 1. The highest BCUT2D eigenvalue weighted by Crippen LogP contribution is 2.23. The van der Waals surface area contributed by atoms with Crippen LogP contribution < -0.4 is 10.5 Å². The summed E-state index contributed by atoms with van der Waals surface area (Å²) in [5.41, 5.74) is 7.64. The molecule has 0 aliphatic heterocycles. The van der Waals surface area contributed by atoms with Gasteiger partial charge in [0.1, 0.15) is 12.4 Å². The van der Waals surface area contributed by atoms with E-state index >= 15 is 0 Å². The van der Waals surface area contributed by atoms with Crippen LogP contribution >= 0.6 is 11.6 Å². The maximum Gasteiger partial charge on any atom is 0.125 e. The highest BCUT2D eigenvalue weighted by molar-refractivity contribution is 6.30. The lowest BCUT2D eigenvalue weighted by atomic mass is 10.2. The van der Waals surface area contributed by atoms with E-state index in [2.05, 4.69) is 4.98 Å². The van der Waals surface area contributed by atoms with Gasteiger partial charge in [0.15, 0.2) is 0 Å². The van der Waals surface area contributed by atoms with E-state index in [4.69, 9.17) is 22.1 Å². The Morgan fingerprint density at radius 1 is 1.18 bits per heavy atom. The molecule has 1 aromatic carbocycles. The van der Waals surface area contributed by atoms with Crippen molar-refractivity contribution < 1.29 is 4.74 Å². The van der Waals surface area contributed by atoms with Gasteiger partial charge in [-0.3, -0.25) is 4.98 Å². The molecular formula is C13H13ClN2O. The van der Waals surface area contributed by atoms with E-state index in [1.165, 1.54) is 0 Å². The standard InChI is InChI=1S/C13H13ClN2O/c14-12-2-1-11(8-15)13(7-12)17-9-10-3-5-16-6-4-10/h1-7H,8-9,15H2. The smallest absolute Gasteiger partial charge is 0.125 e. The Hall–Kier alpha value is -1.58. The molecule has 2 aromatic rings. The third-order valence-electron chi connectivity index (χ3n) is 2.39. The van der Waals surface area contributed by atoms with E-state index in [1.54, 1.807) is 18.5 Å². The number of benzene rings is 1. The van der Waals surface area contributed by atoms with Gasteiger partial charge < -0.3 is 10.5 Å². The maximum absolute atomic E-state index is 5.92. The average Bonchev–Trinajstić information content (AvgIpc) is 2.38. The monoisotopic (exact) mass is 248 g/mol. The van der Waals surface area contributed by atoms with Crippen LogP contribution in [0.25, 0.3) is 0 Å². The van der Waals surface area contributed by atoms with Crippen molar-refractivity contribution >= 4 is 11.6 Å². The van der Waals surface area contributed by atoms with Crippen molar-refractivity contribution in [3.63, 3.8) is 0 Å². The molecule has 17 heavy (non-hydrogen) atoms. The summed E-state index contributed by atoms with van der Waals surface area (Å²) in [4.78, 5) is 3.95. The van der Waals surface area contributed by atoms with Gasteiger partial charge >= 0.3 is 0 Å². The van der Waals surface area contributed by atoms with E-state index in [1.807, 2.05) is 24.3 Å². The first-order valence-corrected chi connectivity index (χ1v) is 5.67. The summed E-state index contributed by atoms with van der Waals surface area (Å²) in [6.45, 7) is 0.915. The minimum atomic E-state index is 0.433. The van der Waals surface area contributed by atoms with Crippen molar-refractivity contribution in [2.75, 3.05) is 0 Å². The predicted octanol–water partition coefficient (Wildman–Crippen LogP) is 2.77. The number of aromatic nitrogens is 1.